The average molecular weight is 353 g/mol. The van der Waals surface area contributed by atoms with Gasteiger partial charge in [0.05, 0.1) is 13.2 Å². The fraction of sp³-hybridized carbons (Fsp3) is 0.833. The Morgan fingerprint density at radius 3 is 2.40 bits per heavy atom. The minimum atomic E-state index is -0.517. The lowest BCUT2D eigenvalue weighted by Crippen LogP contribution is -2.45. The van der Waals surface area contributed by atoms with Crippen LogP contribution in [0.1, 0.15) is 64.2 Å². The first-order valence-electron chi connectivity index (χ1n) is 9.40. The van der Waals surface area contributed by atoms with E-state index in [0.29, 0.717) is 19.6 Å². The van der Waals surface area contributed by atoms with Crippen LogP contribution in [-0.2, 0) is 19.1 Å². The highest BCUT2D eigenvalue weighted by Crippen LogP contribution is 2.30. The first-order chi connectivity index (χ1) is 12.0. The molecule has 2 saturated heterocycles. The first kappa shape index (κ1) is 19.7. The second-order valence-corrected chi connectivity index (χ2v) is 7.19. The van der Waals surface area contributed by atoms with Gasteiger partial charge in [-0.25, -0.2) is 0 Å². The molecule has 2 aliphatic heterocycles. The summed E-state index contributed by atoms with van der Waals surface area (Å²) in [5.41, 5.74) is -0.517. The van der Waals surface area contributed by atoms with Gasteiger partial charge in [-0.2, -0.15) is 0 Å². The predicted molar refractivity (Wildman–Crippen MR) is 94.3 cm³/mol. The molecule has 1 unspecified atom stereocenters. The van der Waals surface area contributed by atoms with Crippen LogP contribution >= 0.6 is 0 Å². The zero-order valence-electron chi connectivity index (χ0n) is 15.3. The molecule has 2 fully saturated rings. The highest BCUT2D eigenvalue weighted by molar-refractivity contribution is 5.96. The normalized spacial score (nSPS) is 28.5. The largest absolute Gasteiger partial charge is 0.455 e. The molecule has 2 aliphatic rings. The van der Waals surface area contributed by atoms with Gasteiger partial charge < -0.3 is 14.4 Å². The third kappa shape index (κ3) is 6.65. The van der Waals surface area contributed by atoms with Crippen molar-refractivity contribution < 1.29 is 19.1 Å². The number of likely N-dealkylation sites (N-methyl/N-ethyl adjacent to an activating group) is 1. The number of esters is 1. The molecule has 0 bridgehead atoms. The number of rotatable bonds is 0. The Kier molecular flexibility index (Phi) is 7.68. The molecule has 0 aromatic carbocycles. The van der Waals surface area contributed by atoms with E-state index in [1.54, 1.807) is 7.05 Å². The Bertz CT molecular complexity index is 475. The maximum Gasteiger partial charge on any atom is 0.326 e. The van der Waals surface area contributed by atoms with Gasteiger partial charge in [-0.05, 0) is 19.3 Å². The Morgan fingerprint density at radius 1 is 1.04 bits per heavy atom. The van der Waals surface area contributed by atoms with Crippen LogP contribution in [0.4, 0.5) is 0 Å². The Balaban J connectivity index is 1.97. The molecule has 2 N–H and O–H groups in total. The van der Waals surface area contributed by atoms with Crippen LogP contribution in [0.25, 0.3) is 0 Å². The van der Waals surface area contributed by atoms with Crippen molar-refractivity contribution in [1.29, 1.82) is 5.41 Å². The minimum absolute atomic E-state index is 0.0547. The zero-order valence-corrected chi connectivity index (χ0v) is 15.3. The smallest absolute Gasteiger partial charge is 0.326 e. The standard InChI is InChI=1S/C18H31N3O4/c1-21-13-16(23)25-18(11-12-24-14-18)10-8-6-4-2-3-5-7-9-15(22)20-17(21)19/h2-14H2,1H3,(H2,19,20,22). The number of carbonyl (C=O) groups excluding carboxylic acids is 2. The molecule has 0 aromatic rings. The van der Waals surface area contributed by atoms with Crippen LogP contribution in [0, 0.1) is 5.41 Å². The summed E-state index contributed by atoms with van der Waals surface area (Å²) in [6.45, 7) is 1.02. The first-order valence-corrected chi connectivity index (χ1v) is 9.40. The lowest BCUT2D eigenvalue weighted by molar-refractivity contribution is -0.161. The van der Waals surface area contributed by atoms with Crippen LogP contribution in [0.3, 0.4) is 0 Å². The summed E-state index contributed by atoms with van der Waals surface area (Å²) in [7, 11) is 1.61. The van der Waals surface area contributed by atoms with E-state index in [1.165, 1.54) is 17.7 Å². The van der Waals surface area contributed by atoms with E-state index in [1.807, 2.05) is 0 Å². The number of carbonyl (C=O) groups is 2. The molecule has 0 aromatic heterocycles. The molecule has 7 nitrogen and oxygen atoms in total. The average Bonchev–Trinajstić information content (AvgIpc) is 3.00. The van der Waals surface area contributed by atoms with Crippen LogP contribution in [0.15, 0.2) is 0 Å². The maximum absolute atomic E-state index is 12.3. The number of nitrogens with one attached hydrogen (secondary N) is 2. The number of hydrogen-bond donors (Lipinski definition) is 2. The third-order valence-electron chi connectivity index (χ3n) is 4.94. The molecular weight excluding hydrogens is 322 g/mol. The molecule has 0 radical (unpaired) electrons. The summed E-state index contributed by atoms with van der Waals surface area (Å²) in [4.78, 5) is 25.6. The third-order valence-corrected chi connectivity index (χ3v) is 4.94. The maximum atomic E-state index is 12.3. The fourth-order valence-electron chi connectivity index (χ4n) is 3.37. The summed E-state index contributed by atoms with van der Waals surface area (Å²) in [6, 6.07) is 0. The van der Waals surface area contributed by atoms with Crippen LogP contribution in [0.2, 0.25) is 0 Å². The summed E-state index contributed by atoms with van der Waals surface area (Å²) >= 11 is 0. The molecular formula is C18H31N3O4. The van der Waals surface area contributed by atoms with Crippen molar-refractivity contribution in [2.45, 2.75) is 69.8 Å². The number of nitrogens with zero attached hydrogens (tertiary/aromatic N) is 1. The Morgan fingerprint density at radius 2 is 1.72 bits per heavy atom. The monoisotopic (exact) mass is 353 g/mol. The van der Waals surface area contributed by atoms with E-state index in [2.05, 4.69) is 5.32 Å². The van der Waals surface area contributed by atoms with Gasteiger partial charge in [0, 0.05) is 19.9 Å². The lowest BCUT2D eigenvalue weighted by Gasteiger charge is -2.29. The van der Waals surface area contributed by atoms with E-state index in [9.17, 15) is 9.59 Å². The van der Waals surface area contributed by atoms with Crippen molar-refractivity contribution in [2.24, 2.45) is 0 Å². The molecule has 25 heavy (non-hydrogen) atoms. The Labute approximate surface area is 149 Å². The number of guanidine groups is 1. The van der Waals surface area contributed by atoms with Crippen LogP contribution < -0.4 is 5.32 Å². The molecule has 2 heterocycles. The minimum Gasteiger partial charge on any atom is -0.455 e. The lowest BCUT2D eigenvalue weighted by atomic mass is 9.94. The van der Waals surface area contributed by atoms with Gasteiger partial charge in [-0.1, -0.05) is 32.1 Å². The number of hydrogen-bond acceptors (Lipinski definition) is 5. The summed E-state index contributed by atoms with van der Waals surface area (Å²) in [5.74, 6) is -0.616. The second kappa shape index (κ2) is 9.75. The van der Waals surface area contributed by atoms with Crippen molar-refractivity contribution in [2.75, 3.05) is 26.8 Å². The quantitative estimate of drug-likeness (QED) is 0.651. The van der Waals surface area contributed by atoms with Gasteiger partial charge in [-0.15, -0.1) is 0 Å². The van der Waals surface area contributed by atoms with Crippen molar-refractivity contribution in [1.82, 2.24) is 10.2 Å². The molecule has 1 spiro atoms. The second-order valence-electron chi connectivity index (χ2n) is 7.19. The Hall–Kier alpha value is -1.63. The molecule has 7 heteroatoms. The van der Waals surface area contributed by atoms with Crippen molar-refractivity contribution >= 4 is 17.8 Å². The number of amides is 1. The predicted octanol–water partition coefficient (Wildman–Crippen LogP) is 2.20. The van der Waals surface area contributed by atoms with Crippen LogP contribution in [-0.4, -0.2) is 55.1 Å². The van der Waals surface area contributed by atoms with Gasteiger partial charge in [0.15, 0.2) is 5.96 Å². The summed E-state index contributed by atoms with van der Waals surface area (Å²) in [6.07, 6.45) is 9.49. The SMILES string of the molecule is CN1CC(=O)OC2(CCCCCCCCCC(=O)NC1=N)CCOC2. The molecule has 142 valence electrons. The molecule has 1 atom stereocenters. The summed E-state index contributed by atoms with van der Waals surface area (Å²) < 4.78 is 11.2. The van der Waals surface area contributed by atoms with E-state index in [0.717, 1.165) is 44.9 Å². The van der Waals surface area contributed by atoms with Gasteiger partial charge in [0.1, 0.15) is 12.1 Å². The molecule has 0 saturated carbocycles. The van der Waals surface area contributed by atoms with E-state index >= 15 is 0 Å². The van der Waals surface area contributed by atoms with Gasteiger partial charge in [0.2, 0.25) is 5.91 Å². The van der Waals surface area contributed by atoms with Crippen molar-refractivity contribution in [3.63, 3.8) is 0 Å². The van der Waals surface area contributed by atoms with E-state index in [4.69, 9.17) is 14.9 Å². The van der Waals surface area contributed by atoms with Crippen molar-refractivity contribution in [3.05, 3.63) is 0 Å². The molecule has 2 rings (SSSR count). The highest BCUT2D eigenvalue weighted by atomic mass is 16.6. The fourth-order valence-corrected chi connectivity index (χ4v) is 3.37. The van der Waals surface area contributed by atoms with E-state index < -0.39 is 5.60 Å². The van der Waals surface area contributed by atoms with Gasteiger partial charge in [0.25, 0.3) is 0 Å². The van der Waals surface area contributed by atoms with E-state index in [-0.39, 0.29) is 24.4 Å². The van der Waals surface area contributed by atoms with Crippen molar-refractivity contribution in [3.8, 4) is 0 Å². The van der Waals surface area contributed by atoms with Crippen LogP contribution in [0.5, 0.6) is 0 Å². The highest BCUT2D eigenvalue weighted by Gasteiger charge is 2.38. The van der Waals surface area contributed by atoms with Gasteiger partial charge >= 0.3 is 5.97 Å². The number of ether oxygens (including phenoxy) is 2. The van der Waals surface area contributed by atoms with Gasteiger partial charge in [-0.3, -0.25) is 20.3 Å². The zero-order chi connectivity index (χ0) is 18.1. The topological polar surface area (TPSA) is 91.7 Å². The summed E-state index contributed by atoms with van der Waals surface area (Å²) in [5, 5.41) is 10.5. The molecule has 1 amide bonds. The molecule has 0 aliphatic carbocycles.